The molecule has 0 atom stereocenters. The molecule has 0 fully saturated rings. The Bertz CT molecular complexity index is 754. The Labute approximate surface area is 116 Å². The molecule has 0 N–H and O–H groups in total. The van der Waals surface area contributed by atoms with Gasteiger partial charge in [-0.1, -0.05) is 24.3 Å². The Morgan fingerprint density at radius 2 is 1.63 bits per heavy atom. The molecule has 0 bridgehead atoms. The third kappa shape index (κ3) is 2.57. The summed E-state index contributed by atoms with van der Waals surface area (Å²) in [6, 6.07) is 9.65. The minimum absolute atomic E-state index is 0.0140. The van der Waals surface area contributed by atoms with Gasteiger partial charge < -0.3 is 4.90 Å². The maximum Gasteiger partial charge on any atom is 0.261 e. The van der Waals surface area contributed by atoms with E-state index in [-0.39, 0.29) is 10.8 Å². The van der Waals surface area contributed by atoms with Gasteiger partial charge in [0.05, 0.1) is 4.90 Å². The van der Waals surface area contributed by atoms with E-state index in [1.54, 1.807) is 44.4 Å². The predicted octanol–water partition coefficient (Wildman–Crippen LogP) is 2.47. The Balaban J connectivity index is 2.83. The van der Waals surface area contributed by atoms with E-state index in [4.69, 9.17) is 10.7 Å². The molecule has 6 heteroatoms. The van der Waals surface area contributed by atoms with Crippen molar-refractivity contribution in [1.82, 2.24) is 4.90 Å². The average Bonchev–Trinajstić information content (AvgIpc) is 2.35. The van der Waals surface area contributed by atoms with Crippen LogP contribution in [0, 0.1) is 0 Å². The van der Waals surface area contributed by atoms with E-state index in [0.717, 1.165) is 0 Å². The van der Waals surface area contributed by atoms with Crippen molar-refractivity contribution in [2.75, 3.05) is 14.1 Å². The molecular formula is C13H12ClNO3S. The molecule has 100 valence electrons. The second-order valence-corrected chi connectivity index (χ2v) is 6.83. The highest BCUT2D eigenvalue weighted by molar-refractivity contribution is 8.14. The fourth-order valence-electron chi connectivity index (χ4n) is 1.92. The van der Waals surface area contributed by atoms with E-state index < -0.39 is 9.05 Å². The van der Waals surface area contributed by atoms with Crippen molar-refractivity contribution in [1.29, 1.82) is 0 Å². The van der Waals surface area contributed by atoms with E-state index in [1.807, 2.05) is 0 Å². The standard InChI is InChI=1S/C13H12ClNO3S/c1-15(2)13(16)11-7-3-6-10-9(11)5-4-8-12(10)19(14,17)18/h3-8H,1-2H3. The van der Waals surface area contributed by atoms with Gasteiger partial charge in [0, 0.05) is 35.7 Å². The van der Waals surface area contributed by atoms with E-state index in [0.29, 0.717) is 16.3 Å². The lowest BCUT2D eigenvalue weighted by Crippen LogP contribution is -2.21. The van der Waals surface area contributed by atoms with Gasteiger partial charge >= 0.3 is 0 Å². The first-order valence-corrected chi connectivity index (χ1v) is 7.81. The summed E-state index contributed by atoms with van der Waals surface area (Å²) < 4.78 is 23.1. The number of nitrogens with zero attached hydrogens (tertiary/aromatic N) is 1. The Morgan fingerprint density at radius 3 is 2.21 bits per heavy atom. The summed E-state index contributed by atoms with van der Waals surface area (Å²) in [6.07, 6.45) is 0. The number of hydrogen-bond donors (Lipinski definition) is 0. The molecule has 0 aromatic heterocycles. The lowest BCUT2D eigenvalue weighted by atomic mass is 10.0. The number of amides is 1. The zero-order chi connectivity index (χ0) is 14.2. The fourth-order valence-corrected chi connectivity index (χ4v) is 3.01. The third-order valence-corrected chi connectivity index (χ3v) is 4.16. The SMILES string of the molecule is CN(C)C(=O)c1cccc2c(S(=O)(=O)Cl)cccc12. The lowest BCUT2D eigenvalue weighted by molar-refractivity contribution is 0.0829. The summed E-state index contributed by atoms with van der Waals surface area (Å²) in [4.78, 5) is 13.5. The number of hydrogen-bond acceptors (Lipinski definition) is 3. The van der Waals surface area contributed by atoms with Gasteiger partial charge in [0.1, 0.15) is 0 Å². The van der Waals surface area contributed by atoms with Gasteiger partial charge in [-0.3, -0.25) is 4.79 Å². The molecule has 2 aromatic rings. The van der Waals surface area contributed by atoms with Crippen LogP contribution < -0.4 is 0 Å². The van der Waals surface area contributed by atoms with Crippen LogP contribution in [0.4, 0.5) is 0 Å². The Hall–Kier alpha value is -1.59. The number of halogens is 1. The van der Waals surface area contributed by atoms with E-state index in [1.165, 1.54) is 11.0 Å². The van der Waals surface area contributed by atoms with Crippen LogP contribution in [0.15, 0.2) is 41.3 Å². The van der Waals surface area contributed by atoms with Crippen LogP contribution in [0.25, 0.3) is 10.8 Å². The van der Waals surface area contributed by atoms with Crippen molar-refractivity contribution >= 4 is 36.4 Å². The molecule has 0 radical (unpaired) electrons. The zero-order valence-corrected chi connectivity index (χ0v) is 12.0. The topological polar surface area (TPSA) is 54.5 Å². The first-order valence-electron chi connectivity index (χ1n) is 5.50. The van der Waals surface area contributed by atoms with Crippen molar-refractivity contribution in [2.24, 2.45) is 0 Å². The summed E-state index contributed by atoms with van der Waals surface area (Å²) in [5.74, 6) is -0.185. The fraction of sp³-hybridized carbons (Fsp3) is 0.154. The predicted molar refractivity (Wildman–Crippen MR) is 75.0 cm³/mol. The average molecular weight is 298 g/mol. The van der Waals surface area contributed by atoms with E-state index in [9.17, 15) is 13.2 Å². The van der Waals surface area contributed by atoms with Crippen LogP contribution in [0.1, 0.15) is 10.4 Å². The zero-order valence-electron chi connectivity index (χ0n) is 10.4. The summed E-state index contributed by atoms with van der Waals surface area (Å²) in [5.41, 5.74) is 0.449. The van der Waals surface area contributed by atoms with Crippen LogP contribution in [-0.4, -0.2) is 33.3 Å². The number of carbonyl (C=O) groups excluding carboxylic acids is 1. The van der Waals surface area contributed by atoms with Crippen LogP contribution in [-0.2, 0) is 9.05 Å². The van der Waals surface area contributed by atoms with E-state index in [2.05, 4.69) is 0 Å². The van der Waals surface area contributed by atoms with Crippen LogP contribution in [0.3, 0.4) is 0 Å². The summed E-state index contributed by atoms with van der Waals surface area (Å²) in [6.45, 7) is 0. The van der Waals surface area contributed by atoms with Crippen LogP contribution in [0.2, 0.25) is 0 Å². The normalized spacial score (nSPS) is 11.5. The molecule has 0 aliphatic heterocycles. The highest BCUT2D eigenvalue weighted by atomic mass is 35.7. The number of carbonyl (C=O) groups is 1. The number of rotatable bonds is 2. The molecule has 0 heterocycles. The van der Waals surface area contributed by atoms with Gasteiger partial charge in [0.25, 0.3) is 15.0 Å². The van der Waals surface area contributed by atoms with Crippen molar-refractivity contribution in [3.63, 3.8) is 0 Å². The maximum absolute atomic E-state index is 12.1. The first kappa shape index (κ1) is 13.8. The second kappa shape index (κ2) is 4.83. The molecule has 19 heavy (non-hydrogen) atoms. The molecule has 1 amide bonds. The van der Waals surface area contributed by atoms with E-state index >= 15 is 0 Å². The summed E-state index contributed by atoms with van der Waals surface area (Å²) >= 11 is 0. The molecule has 2 rings (SSSR count). The molecule has 0 spiro atoms. The highest BCUT2D eigenvalue weighted by Gasteiger charge is 2.17. The quantitative estimate of drug-likeness (QED) is 0.800. The van der Waals surface area contributed by atoms with Gasteiger partial charge in [-0.05, 0) is 17.5 Å². The van der Waals surface area contributed by atoms with Gasteiger partial charge in [0.2, 0.25) is 0 Å². The highest BCUT2D eigenvalue weighted by Crippen LogP contribution is 2.28. The molecule has 0 aliphatic carbocycles. The van der Waals surface area contributed by atoms with Gasteiger partial charge in [0.15, 0.2) is 0 Å². The summed E-state index contributed by atoms with van der Waals surface area (Å²) in [7, 11) is 4.85. The van der Waals surface area contributed by atoms with Crippen LogP contribution in [0.5, 0.6) is 0 Å². The third-order valence-electron chi connectivity index (χ3n) is 2.78. The molecule has 0 saturated carbocycles. The van der Waals surface area contributed by atoms with Gasteiger partial charge in [-0.25, -0.2) is 8.42 Å². The summed E-state index contributed by atoms with van der Waals surface area (Å²) in [5, 5.41) is 1.02. The van der Waals surface area contributed by atoms with Gasteiger partial charge in [-0.2, -0.15) is 0 Å². The van der Waals surface area contributed by atoms with Crippen molar-refractivity contribution in [3.8, 4) is 0 Å². The molecule has 4 nitrogen and oxygen atoms in total. The number of fused-ring (bicyclic) bond motifs is 1. The molecule has 0 unspecified atom stereocenters. The van der Waals surface area contributed by atoms with Gasteiger partial charge in [-0.15, -0.1) is 0 Å². The van der Waals surface area contributed by atoms with Crippen LogP contribution >= 0.6 is 10.7 Å². The first-order chi connectivity index (χ1) is 8.82. The smallest absolute Gasteiger partial charge is 0.261 e. The minimum atomic E-state index is -3.84. The molecule has 0 saturated heterocycles. The minimum Gasteiger partial charge on any atom is -0.345 e. The molecule has 0 aliphatic rings. The van der Waals surface area contributed by atoms with Crippen molar-refractivity contribution in [3.05, 3.63) is 42.0 Å². The largest absolute Gasteiger partial charge is 0.345 e. The Kier molecular flexibility index (Phi) is 3.52. The maximum atomic E-state index is 12.1. The Morgan fingerprint density at radius 1 is 1.05 bits per heavy atom. The molecular weight excluding hydrogens is 286 g/mol. The van der Waals surface area contributed by atoms with Crippen molar-refractivity contribution < 1.29 is 13.2 Å². The molecule has 2 aromatic carbocycles. The second-order valence-electron chi connectivity index (χ2n) is 4.29. The lowest BCUT2D eigenvalue weighted by Gasteiger charge is -2.13. The monoisotopic (exact) mass is 297 g/mol. The number of benzene rings is 2. The van der Waals surface area contributed by atoms with Crippen molar-refractivity contribution in [2.45, 2.75) is 4.90 Å².